The number of rotatable bonds is 2. The normalized spacial score (nSPS) is 14.6. The van der Waals surface area contributed by atoms with Gasteiger partial charge in [0.15, 0.2) is 0 Å². The fourth-order valence-electron chi connectivity index (χ4n) is 2.50. The molecule has 1 aliphatic rings. The summed E-state index contributed by atoms with van der Waals surface area (Å²) >= 11 is 0. The maximum absolute atomic E-state index is 4.17. The molecule has 2 heteroatoms. The smallest absolute Gasteiger partial charge is 0.0558 e. The molecule has 0 atom stereocenters. The number of pyridine rings is 1. The molecule has 0 saturated heterocycles. The van der Waals surface area contributed by atoms with Crippen LogP contribution in [0.5, 0.6) is 0 Å². The second kappa shape index (κ2) is 4.21. The Bertz CT molecular complexity index is 509. The molecule has 1 N–H and O–H groups in total. The van der Waals surface area contributed by atoms with E-state index >= 15 is 0 Å². The van der Waals surface area contributed by atoms with Gasteiger partial charge in [0.05, 0.1) is 11.9 Å². The van der Waals surface area contributed by atoms with Gasteiger partial charge in [0, 0.05) is 12.2 Å². The molecule has 1 aromatic heterocycles. The van der Waals surface area contributed by atoms with Crippen molar-refractivity contribution in [3.63, 3.8) is 0 Å². The third kappa shape index (κ3) is 2.03. The van der Waals surface area contributed by atoms with Gasteiger partial charge in [-0.1, -0.05) is 24.3 Å². The zero-order valence-electron chi connectivity index (χ0n) is 9.98. The van der Waals surface area contributed by atoms with Crippen LogP contribution in [-0.4, -0.2) is 11.0 Å². The Morgan fingerprint density at radius 3 is 2.47 bits per heavy atom. The average Bonchev–Trinajstić information content (AvgIpc) is 2.74. The van der Waals surface area contributed by atoms with Crippen LogP contribution in [0.25, 0.3) is 0 Å². The first-order chi connectivity index (χ1) is 8.33. The Morgan fingerprint density at radius 1 is 1.12 bits per heavy atom. The molecule has 1 aliphatic carbocycles. The van der Waals surface area contributed by atoms with Gasteiger partial charge in [0.25, 0.3) is 0 Å². The summed E-state index contributed by atoms with van der Waals surface area (Å²) in [5, 5.41) is 3.59. The molecule has 86 valence electrons. The number of nitrogens with zero attached hydrogens (tertiary/aromatic N) is 1. The maximum Gasteiger partial charge on any atom is 0.0558 e. The van der Waals surface area contributed by atoms with Crippen molar-refractivity contribution in [2.45, 2.75) is 25.8 Å². The number of benzene rings is 1. The Labute approximate surface area is 102 Å². The van der Waals surface area contributed by atoms with Crippen LogP contribution in [-0.2, 0) is 12.8 Å². The fraction of sp³-hybridized carbons (Fsp3) is 0.267. The molecule has 1 aromatic carbocycles. The van der Waals surface area contributed by atoms with Gasteiger partial charge in [-0.25, -0.2) is 0 Å². The maximum atomic E-state index is 4.17. The molecule has 0 radical (unpaired) electrons. The van der Waals surface area contributed by atoms with Crippen LogP contribution in [0.1, 0.15) is 16.7 Å². The number of hydrogen-bond donors (Lipinski definition) is 1. The molecule has 0 bridgehead atoms. The van der Waals surface area contributed by atoms with E-state index in [4.69, 9.17) is 0 Å². The van der Waals surface area contributed by atoms with Crippen molar-refractivity contribution in [3.05, 3.63) is 59.4 Å². The molecule has 17 heavy (non-hydrogen) atoms. The van der Waals surface area contributed by atoms with Crippen molar-refractivity contribution < 1.29 is 0 Å². The first kappa shape index (κ1) is 10.3. The zero-order valence-corrected chi connectivity index (χ0v) is 9.98. The molecule has 0 fully saturated rings. The first-order valence-electron chi connectivity index (χ1n) is 6.07. The summed E-state index contributed by atoms with van der Waals surface area (Å²) in [4.78, 5) is 4.17. The number of aryl methyl sites for hydroxylation is 1. The second-order valence-electron chi connectivity index (χ2n) is 4.71. The van der Waals surface area contributed by atoms with Gasteiger partial charge in [0.1, 0.15) is 0 Å². The molecular weight excluding hydrogens is 208 g/mol. The van der Waals surface area contributed by atoms with Crippen molar-refractivity contribution in [1.29, 1.82) is 0 Å². The zero-order chi connectivity index (χ0) is 11.7. The Morgan fingerprint density at radius 2 is 1.82 bits per heavy atom. The minimum Gasteiger partial charge on any atom is -0.380 e. The summed E-state index contributed by atoms with van der Waals surface area (Å²) in [5.41, 5.74) is 5.37. The van der Waals surface area contributed by atoms with E-state index in [9.17, 15) is 0 Å². The Hall–Kier alpha value is -1.83. The highest BCUT2D eigenvalue weighted by Gasteiger charge is 2.20. The lowest BCUT2D eigenvalue weighted by atomic mass is 10.1. The minimum atomic E-state index is 0.510. The molecule has 0 aliphatic heterocycles. The predicted molar refractivity (Wildman–Crippen MR) is 70.2 cm³/mol. The van der Waals surface area contributed by atoms with E-state index in [0.717, 1.165) is 18.5 Å². The van der Waals surface area contributed by atoms with Gasteiger partial charge in [-0.15, -0.1) is 0 Å². The largest absolute Gasteiger partial charge is 0.380 e. The van der Waals surface area contributed by atoms with E-state index < -0.39 is 0 Å². The summed E-state index contributed by atoms with van der Waals surface area (Å²) in [5.74, 6) is 0. The second-order valence-corrected chi connectivity index (χ2v) is 4.71. The van der Waals surface area contributed by atoms with Crippen LogP contribution in [0.4, 0.5) is 5.69 Å². The Kier molecular flexibility index (Phi) is 2.56. The van der Waals surface area contributed by atoms with Crippen molar-refractivity contribution in [1.82, 2.24) is 4.98 Å². The molecule has 2 aromatic rings. The minimum absolute atomic E-state index is 0.510. The van der Waals surface area contributed by atoms with Gasteiger partial charge in [-0.3, -0.25) is 4.98 Å². The summed E-state index contributed by atoms with van der Waals surface area (Å²) < 4.78 is 0. The van der Waals surface area contributed by atoms with E-state index in [1.54, 1.807) is 0 Å². The van der Waals surface area contributed by atoms with Crippen LogP contribution in [0.15, 0.2) is 42.7 Å². The van der Waals surface area contributed by atoms with Gasteiger partial charge >= 0.3 is 0 Å². The van der Waals surface area contributed by atoms with E-state index in [2.05, 4.69) is 41.5 Å². The molecule has 2 nitrogen and oxygen atoms in total. The van der Waals surface area contributed by atoms with Crippen LogP contribution >= 0.6 is 0 Å². The quantitative estimate of drug-likeness (QED) is 0.848. The highest BCUT2D eigenvalue weighted by Crippen LogP contribution is 2.25. The predicted octanol–water partition coefficient (Wildman–Crippen LogP) is 2.97. The molecule has 0 unspecified atom stereocenters. The third-order valence-electron chi connectivity index (χ3n) is 3.45. The lowest BCUT2D eigenvalue weighted by Crippen LogP contribution is -2.20. The van der Waals surface area contributed by atoms with E-state index in [1.807, 2.05) is 18.5 Å². The summed E-state index contributed by atoms with van der Waals surface area (Å²) in [6.07, 6.45) is 5.98. The van der Waals surface area contributed by atoms with Gasteiger partial charge in [-0.05, 0) is 42.5 Å². The van der Waals surface area contributed by atoms with E-state index in [1.165, 1.54) is 16.7 Å². The number of nitrogens with one attached hydrogen (secondary N) is 1. The van der Waals surface area contributed by atoms with Crippen LogP contribution < -0.4 is 5.32 Å². The summed E-state index contributed by atoms with van der Waals surface area (Å²) in [6.45, 7) is 2.12. The standard InChI is InChI=1S/C15H16N2/c1-11-6-7-16-10-15(11)17-14-8-12-4-2-3-5-13(12)9-14/h2-7,10,14,17H,8-9H2,1H3. The van der Waals surface area contributed by atoms with E-state index in [0.29, 0.717) is 6.04 Å². The van der Waals surface area contributed by atoms with Crippen molar-refractivity contribution in [2.24, 2.45) is 0 Å². The van der Waals surface area contributed by atoms with Gasteiger partial charge < -0.3 is 5.32 Å². The molecule has 3 rings (SSSR count). The average molecular weight is 224 g/mol. The van der Waals surface area contributed by atoms with Crippen molar-refractivity contribution >= 4 is 5.69 Å². The van der Waals surface area contributed by atoms with E-state index in [-0.39, 0.29) is 0 Å². The lowest BCUT2D eigenvalue weighted by molar-refractivity contribution is 0.772. The van der Waals surface area contributed by atoms with Crippen LogP contribution in [0.2, 0.25) is 0 Å². The van der Waals surface area contributed by atoms with Crippen molar-refractivity contribution in [2.75, 3.05) is 5.32 Å². The monoisotopic (exact) mass is 224 g/mol. The first-order valence-corrected chi connectivity index (χ1v) is 6.07. The molecule has 0 amide bonds. The summed E-state index contributed by atoms with van der Waals surface area (Å²) in [6, 6.07) is 11.3. The number of aromatic nitrogens is 1. The molecular formula is C15H16N2. The topological polar surface area (TPSA) is 24.9 Å². The highest BCUT2D eigenvalue weighted by molar-refractivity contribution is 5.50. The van der Waals surface area contributed by atoms with Crippen LogP contribution in [0.3, 0.4) is 0 Å². The molecule has 0 spiro atoms. The third-order valence-corrected chi connectivity index (χ3v) is 3.45. The SMILES string of the molecule is Cc1ccncc1NC1Cc2ccccc2C1. The van der Waals surface area contributed by atoms with Gasteiger partial charge in [0.2, 0.25) is 0 Å². The molecule has 0 saturated carbocycles. The number of anilines is 1. The Balaban J connectivity index is 1.76. The molecule has 1 heterocycles. The lowest BCUT2D eigenvalue weighted by Gasteiger charge is -2.14. The van der Waals surface area contributed by atoms with Crippen LogP contribution in [0, 0.1) is 6.92 Å². The highest BCUT2D eigenvalue weighted by atomic mass is 14.9. The van der Waals surface area contributed by atoms with Crippen molar-refractivity contribution in [3.8, 4) is 0 Å². The number of fused-ring (bicyclic) bond motifs is 1. The fourth-order valence-corrected chi connectivity index (χ4v) is 2.50. The number of hydrogen-bond acceptors (Lipinski definition) is 2. The summed E-state index contributed by atoms with van der Waals surface area (Å²) in [7, 11) is 0. The van der Waals surface area contributed by atoms with Gasteiger partial charge in [-0.2, -0.15) is 0 Å².